The zero-order chi connectivity index (χ0) is 10.7. The van der Waals surface area contributed by atoms with E-state index in [1.54, 1.807) is 13.0 Å². The van der Waals surface area contributed by atoms with Gasteiger partial charge in [-0.15, -0.1) is 0 Å². The monoisotopic (exact) mass is 211 g/mol. The van der Waals surface area contributed by atoms with Crippen molar-refractivity contribution in [1.29, 1.82) is 5.26 Å². The molecule has 0 spiro atoms. The number of nitrogens with zero attached hydrogens (tertiary/aromatic N) is 1. The lowest BCUT2D eigenvalue weighted by Gasteiger charge is -2.02. The molecule has 0 N–H and O–H groups in total. The van der Waals surface area contributed by atoms with Gasteiger partial charge in [-0.1, -0.05) is 18.5 Å². The molecule has 0 amide bonds. The number of carbonyl (C=O) groups is 1. The molecule has 0 aliphatic heterocycles. The number of nitriles is 1. The molecule has 14 heavy (non-hydrogen) atoms. The normalized spacial score (nSPS) is 9.57. The van der Waals surface area contributed by atoms with E-state index >= 15 is 0 Å². The third-order valence-corrected chi connectivity index (χ3v) is 2.11. The summed E-state index contributed by atoms with van der Waals surface area (Å²) in [6, 6.07) is 3.91. The summed E-state index contributed by atoms with van der Waals surface area (Å²) in [7, 11) is 0. The van der Waals surface area contributed by atoms with E-state index in [4.69, 9.17) is 16.9 Å². The number of halogens is 2. The largest absolute Gasteiger partial charge is 0.294 e. The third kappa shape index (κ3) is 1.91. The molecule has 1 rings (SSSR count). The maximum absolute atomic E-state index is 13.2. The van der Waals surface area contributed by atoms with Crippen LogP contribution >= 0.6 is 11.6 Å². The molecule has 0 aliphatic carbocycles. The van der Waals surface area contributed by atoms with Crippen LogP contribution in [0.15, 0.2) is 12.1 Å². The van der Waals surface area contributed by atoms with Gasteiger partial charge < -0.3 is 0 Å². The summed E-state index contributed by atoms with van der Waals surface area (Å²) in [6.45, 7) is 1.63. The smallest absolute Gasteiger partial charge is 0.165 e. The molecule has 2 nitrogen and oxygen atoms in total. The maximum atomic E-state index is 13.2. The van der Waals surface area contributed by atoms with E-state index in [-0.39, 0.29) is 28.4 Å². The number of benzene rings is 1. The number of Topliss-reactive ketones (excluding diaryl/α,β-unsaturated/α-hetero) is 1. The van der Waals surface area contributed by atoms with Crippen LogP contribution in [0, 0.1) is 17.1 Å². The Morgan fingerprint density at radius 2 is 2.29 bits per heavy atom. The maximum Gasteiger partial charge on any atom is 0.165 e. The fourth-order valence-corrected chi connectivity index (χ4v) is 1.24. The van der Waals surface area contributed by atoms with Crippen molar-refractivity contribution in [2.75, 3.05) is 0 Å². The van der Waals surface area contributed by atoms with Crippen LogP contribution < -0.4 is 0 Å². The van der Waals surface area contributed by atoms with Crippen LogP contribution in [0.1, 0.15) is 29.3 Å². The Balaban J connectivity index is 3.30. The first kappa shape index (κ1) is 10.7. The highest BCUT2D eigenvalue weighted by Crippen LogP contribution is 2.21. The van der Waals surface area contributed by atoms with Crippen molar-refractivity contribution in [3.63, 3.8) is 0 Å². The van der Waals surface area contributed by atoms with Crippen molar-refractivity contribution in [1.82, 2.24) is 0 Å². The van der Waals surface area contributed by atoms with E-state index in [1.807, 2.05) is 0 Å². The second-order valence-corrected chi connectivity index (χ2v) is 3.11. The highest BCUT2D eigenvalue weighted by Gasteiger charge is 2.13. The number of hydrogen-bond donors (Lipinski definition) is 0. The van der Waals surface area contributed by atoms with Gasteiger partial charge in [-0.25, -0.2) is 4.39 Å². The minimum absolute atomic E-state index is 0.0387. The Hall–Kier alpha value is -1.40. The molecule has 0 unspecified atom stereocenters. The van der Waals surface area contributed by atoms with Crippen LogP contribution in [-0.2, 0) is 0 Å². The summed E-state index contributed by atoms with van der Waals surface area (Å²) < 4.78 is 13.2. The van der Waals surface area contributed by atoms with Crippen molar-refractivity contribution in [3.05, 3.63) is 34.1 Å². The fraction of sp³-hybridized carbons (Fsp3) is 0.200. The first-order valence-corrected chi connectivity index (χ1v) is 4.40. The zero-order valence-electron chi connectivity index (χ0n) is 7.47. The van der Waals surface area contributed by atoms with Crippen LogP contribution in [0.25, 0.3) is 0 Å². The van der Waals surface area contributed by atoms with Crippen LogP contribution in [0.2, 0.25) is 5.02 Å². The highest BCUT2D eigenvalue weighted by molar-refractivity contribution is 6.32. The Labute approximate surface area is 85.9 Å². The summed E-state index contributed by atoms with van der Waals surface area (Å²) in [5.41, 5.74) is -0.0201. The van der Waals surface area contributed by atoms with Gasteiger partial charge in [-0.2, -0.15) is 5.26 Å². The quantitative estimate of drug-likeness (QED) is 0.706. The second-order valence-electron chi connectivity index (χ2n) is 2.70. The van der Waals surface area contributed by atoms with E-state index in [9.17, 15) is 9.18 Å². The van der Waals surface area contributed by atoms with Gasteiger partial charge in [0.05, 0.1) is 16.1 Å². The number of rotatable bonds is 2. The van der Waals surface area contributed by atoms with Crippen molar-refractivity contribution in [2.24, 2.45) is 0 Å². The highest BCUT2D eigenvalue weighted by atomic mass is 35.5. The fourth-order valence-electron chi connectivity index (χ4n) is 1.04. The minimum atomic E-state index is -0.696. The predicted octanol–water partition coefficient (Wildman–Crippen LogP) is 2.94. The van der Waals surface area contributed by atoms with Gasteiger partial charge in [0.15, 0.2) is 5.78 Å². The Morgan fingerprint density at radius 1 is 1.64 bits per heavy atom. The molecule has 4 heteroatoms. The van der Waals surface area contributed by atoms with Crippen molar-refractivity contribution in [2.45, 2.75) is 13.3 Å². The first-order chi connectivity index (χ1) is 6.60. The molecule has 0 bridgehead atoms. The molecule has 0 heterocycles. The van der Waals surface area contributed by atoms with Crippen molar-refractivity contribution in [3.8, 4) is 6.07 Å². The van der Waals surface area contributed by atoms with Gasteiger partial charge >= 0.3 is 0 Å². The van der Waals surface area contributed by atoms with Gasteiger partial charge in [0.25, 0.3) is 0 Å². The third-order valence-electron chi connectivity index (χ3n) is 1.80. The molecule has 1 aromatic carbocycles. The summed E-state index contributed by atoms with van der Waals surface area (Å²) in [5, 5.41) is 8.65. The summed E-state index contributed by atoms with van der Waals surface area (Å²) in [4.78, 5) is 11.2. The average Bonchev–Trinajstić information content (AvgIpc) is 2.19. The molecule has 72 valence electrons. The van der Waals surface area contributed by atoms with Crippen LogP contribution in [0.4, 0.5) is 4.39 Å². The van der Waals surface area contributed by atoms with Crippen molar-refractivity contribution < 1.29 is 9.18 Å². The lowest BCUT2D eigenvalue weighted by Crippen LogP contribution is -2.01. The zero-order valence-corrected chi connectivity index (χ0v) is 8.23. The van der Waals surface area contributed by atoms with Crippen LogP contribution in [0.5, 0.6) is 0 Å². The molecule has 0 aromatic heterocycles. The van der Waals surface area contributed by atoms with Gasteiger partial charge in [-0.05, 0) is 12.1 Å². The summed E-state index contributed by atoms with van der Waals surface area (Å²) in [6.07, 6.45) is 0.207. The van der Waals surface area contributed by atoms with Crippen LogP contribution in [0.3, 0.4) is 0 Å². The lowest BCUT2D eigenvalue weighted by molar-refractivity contribution is 0.0984. The molecule has 0 saturated carbocycles. The summed E-state index contributed by atoms with van der Waals surface area (Å²) in [5.74, 6) is -1.02. The molecule has 0 fully saturated rings. The molecule has 1 aromatic rings. The molecule has 0 radical (unpaired) electrons. The number of hydrogen-bond acceptors (Lipinski definition) is 2. The predicted molar refractivity (Wildman–Crippen MR) is 50.7 cm³/mol. The lowest BCUT2D eigenvalue weighted by atomic mass is 10.1. The van der Waals surface area contributed by atoms with Crippen LogP contribution in [-0.4, -0.2) is 5.78 Å². The standard InChI is InChI=1S/C10H7ClFNO/c1-2-10(14)7-4-8(11)6(5-13)3-9(7)12/h3-4H,2H2,1H3. The average molecular weight is 212 g/mol. The number of carbonyl (C=O) groups excluding carboxylic acids is 1. The summed E-state index contributed by atoms with van der Waals surface area (Å²) >= 11 is 5.66. The van der Waals surface area contributed by atoms with E-state index in [0.717, 1.165) is 6.07 Å². The van der Waals surface area contributed by atoms with Gasteiger partial charge in [0, 0.05) is 6.42 Å². The Morgan fingerprint density at radius 3 is 2.79 bits per heavy atom. The van der Waals surface area contributed by atoms with Gasteiger partial charge in [0.2, 0.25) is 0 Å². The van der Waals surface area contributed by atoms with E-state index in [1.165, 1.54) is 6.07 Å². The molecular formula is C10H7ClFNO. The SMILES string of the molecule is CCC(=O)c1cc(Cl)c(C#N)cc1F. The van der Waals surface area contributed by atoms with Crippen molar-refractivity contribution >= 4 is 17.4 Å². The Kier molecular flexibility index (Phi) is 3.21. The van der Waals surface area contributed by atoms with Gasteiger partial charge in [0.1, 0.15) is 11.9 Å². The first-order valence-electron chi connectivity index (χ1n) is 4.02. The molecule has 0 atom stereocenters. The minimum Gasteiger partial charge on any atom is -0.294 e. The second kappa shape index (κ2) is 4.21. The topological polar surface area (TPSA) is 40.9 Å². The molecule has 0 saturated heterocycles. The number of ketones is 1. The Bertz CT molecular complexity index is 423. The van der Waals surface area contributed by atoms with Gasteiger partial charge in [-0.3, -0.25) is 4.79 Å². The van der Waals surface area contributed by atoms with E-state index < -0.39 is 5.82 Å². The van der Waals surface area contributed by atoms with E-state index in [0.29, 0.717) is 0 Å². The molecular weight excluding hydrogens is 205 g/mol. The molecule has 0 aliphatic rings. The van der Waals surface area contributed by atoms with E-state index in [2.05, 4.69) is 0 Å².